The molecule has 1 N–H and O–H groups in total. The Hall–Kier alpha value is -0.610. The molecule has 1 heterocycles. The Balaban J connectivity index is 1.85. The average Bonchev–Trinajstić information content (AvgIpc) is 2.58. The fourth-order valence-electron chi connectivity index (χ4n) is 1.92. The number of aryl methyl sites for hydroxylation is 1. The van der Waals surface area contributed by atoms with E-state index in [4.69, 9.17) is 11.6 Å². The van der Waals surface area contributed by atoms with Crippen molar-refractivity contribution in [3.05, 3.63) is 11.9 Å². The summed E-state index contributed by atoms with van der Waals surface area (Å²) < 4.78 is 1.72. The van der Waals surface area contributed by atoms with E-state index in [2.05, 4.69) is 29.5 Å². The van der Waals surface area contributed by atoms with Crippen LogP contribution < -0.4 is 5.32 Å². The number of hydrogen-bond donors (Lipinski definition) is 1. The van der Waals surface area contributed by atoms with Gasteiger partial charge in [0.15, 0.2) is 0 Å². The Bertz CT molecular complexity index is 347. The van der Waals surface area contributed by atoms with Gasteiger partial charge in [-0.3, -0.25) is 4.68 Å². The molecule has 0 spiro atoms. The highest BCUT2D eigenvalue weighted by atomic mass is 35.5. The lowest BCUT2D eigenvalue weighted by atomic mass is 9.67. The molecule has 15 heavy (non-hydrogen) atoms. The van der Waals surface area contributed by atoms with Crippen molar-refractivity contribution in [1.29, 1.82) is 0 Å². The van der Waals surface area contributed by atoms with E-state index in [-0.39, 0.29) is 10.8 Å². The molecular weight excluding hydrogens is 212 g/mol. The number of nitrogens with zero attached hydrogens (tertiary/aromatic N) is 3. The first-order valence-electron chi connectivity index (χ1n) is 5.23. The molecule has 0 aliphatic heterocycles. The molecule has 4 nitrogen and oxygen atoms in total. The lowest BCUT2D eigenvalue weighted by Gasteiger charge is -2.49. The van der Waals surface area contributed by atoms with Crippen LogP contribution in [0.25, 0.3) is 0 Å². The fraction of sp³-hybridized carbons (Fsp3) is 0.800. The van der Waals surface area contributed by atoms with Crippen LogP contribution in [-0.4, -0.2) is 26.4 Å². The number of alkyl halides is 1. The molecule has 1 aliphatic rings. The second-order valence-corrected chi connectivity index (χ2v) is 5.37. The fourth-order valence-corrected chi connectivity index (χ4v) is 2.25. The Labute approximate surface area is 95.0 Å². The number of rotatable bonds is 3. The minimum Gasteiger partial charge on any atom is -0.308 e. The molecule has 1 saturated carbocycles. The van der Waals surface area contributed by atoms with Gasteiger partial charge in [-0.25, -0.2) is 0 Å². The first-order chi connectivity index (χ1) is 7.00. The smallest absolute Gasteiger partial charge is 0.0964 e. The molecule has 2 unspecified atom stereocenters. The zero-order valence-electron chi connectivity index (χ0n) is 9.37. The summed E-state index contributed by atoms with van der Waals surface area (Å²) in [4.78, 5) is 0. The van der Waals surface area contributed by atoms with Gasteiger partial charge in [0.25, 0.3) is 0 Å². The van der Waals surface area contributed by atoms with E-state index < -0.39 is 0 Å². The minimum absolute atomic E-state index is 0.184. The predicted octanol–water partition coefficient (Wildman–Crippen LogP) is 1.31. The van der Waals surface area contributed by atoms with Crippen molar-refractivity contribution in [2.75, 3.05) is 0 Å². The standard InChI is InChI=1S/C10H17ClN4/c1-10(2)8(11)4-9(10)12-5-7-6-15(3)14-13-7/h6,8-9,12H,4-5H2,1-3H3. The van der Waals surface area contributed by atoms with Gasteiger partial charge in [-0.1, -0.05) is 19.1 Å². The maximum absolute atomic E-state index is 6.15. The van der Waals surface area contributed by atoms with Crippen molar-refractivity contribution in [2.24, 2.45) is 12.5 Å². The molecule has 1 aliphatic carbocycles. The van der Waals surface area contributed by atoms with Crippen LogP contribution in [-0.2, 0) is 13.6 Å². The zero-order valence-corrected chi connectivity index (χ0v) is 10.1. The molecule has 0 radical (unpaired) electrons. The molecule has 0 bridgehead atoms. The van der Waals surface area contributed by atoms with Gasteiger partial charge in [0, 0.05) is 31.2 Å². The number of nitrogens with one attached hydrogen (secondary N) is 1. The SMILES string of the molecule is Cn1cc(CNC2CC(Cl)C2(C)C)nn1. The van der Waals surface area contributed by atoms with Crippen LogP contribution in [0.3, 0.4) is 0 Å². The maximum Gasteiger partial charge on any atom is 0.0964 e. The van der Waals surface area contributed by atoms with Gasteiger partial charge in [-0.05, 0) is 11.8 Å². The summed E-state index contributed by atoms with van der Waals surface area (Å²) in [5.41, 5.74) is 1.16. The summed E-state index contributed by atoms with van der Waals surface area (Å²) in [5, 5.41) is 11.7. The van der Waals surface area contributed by atoms with E-state index in [0.717, 1.165) is 18.7 Å². The molecule has 1 aromatic rings. The average molecular weight is 229 g/mol. The van der Waals surface area contributed by atoms with Crippen molar-refractivity contribution in [2.45, 2.75) is 38.2 Å². The second kappa shape index (κ2) is 3.76. The molecule has 5 heteroatoms. The summed E-state index contributed by atoms with van der Waals surface area (Å²) >= 11 is 6.15. The molecule has 0 amide bonds. The number of hydrogen-bond acceptors (Lipinski definition) is 3. The molecule has 84 valence electrons. The topological polar surface area (TPSA) is 42.7 Å². The minimum atomic E-state index is 0.184. The van der Waals surface area contributed by atoms with E-state index >= 15 is 0 Å². The third-order valence-electron chi connectivity index (χ3n) is 3.33. The molecule has 1 fully saturated rings. The summed E-state index contributed by atoms with van der Waals surface area (Å²) in [6.45, 7) is 5.16. The first kappa shape index (κ1) is 10.9. The van der Waals surface area contributed by atoms with E-state index in [1.54, 1.807) is 4.68 Å². The van der Waals surface area contributed by atoms with Crippen molar-refractivity contribution in [3.63, 3.8) is 0 Å². The second-order valence-electron chi connectivity index (χ2n) is 4.84. The summed E-state index contributed by atoms with van der Waals surface area (Å²) in [6.07, 6.45) is 2.96. The lowest BCUT2D eigenvalue weighted by molar-refractivity contribution is 0.115. The summed E-state index contributed by atoms with van der Waals surface area (Å²) in [6, 6.07) is 0.488. The predicted molar refractivity (Wildman–Crippen MR) is 59.7 cm³/mol. The van der Waals surface area contributed by atoms with Gasteiger partial charge in [0.1, 0.15) is 0 Å². The number of aromatic nitrogens is 3. The highest BCUT2D eigenvalue weighted by molar-refractivity contribution is 6.21. The Morgan fingerprint density at radius 2 is 2.40 bits per heavy atom. The molecular formula is C10H17ClN4. The van der Waals surface area contributed by atoms with Gasteiger partial charge in [-0.15, -0.1) is 16.7 Å². The van der Waals surface area contributed by atoms with Gasteiger partial charge in [0.2, 0.25) is 0 Å². The van der Waals surface area contributed by atoms with E-state index in [9.17, 15) is 0 Å². The van der Waals surface area contributed by atoms with Gasteiger partial charge in [-0.2, -0.15) is 0 Å². The lowest BCUT2D eigenvalue weighted by Crippen LogP contribution is -2.57. The van der Waals surface area contributed by atoms with Crippen LogP contribution in [0.1, 0.15) is 26.0 Å². The molecule has 0 aromatic carbocycles. The monoisotopic (exact) mass is 228 g/mol. The van der Waals surface area contributed by atoms with E-state index in [1.165, 1.54) is 0 Å². The third-order valence-corrected chi connectivity index (χ3v) is 4.07. The van der Waals surface area contributed by atoms with Crippen LogP contribution in [0.4, 0.5) is 0 Å². The molecule has 0 saturated heterocycles. The molecule has 1 aromatic heterocycles. The highest BCUT2D eigenvalue weighted by Crippen LogP contribution is 2.44. The van der Waals surface area contributed by atoms with Crippen LogP contribution in [0, 0.1) is 5.41 Å². The molecule has 2 rings (SSSR count). The third kappa shape index (κ3) is 2.01. The van der Waals surface area contributed by atoms with Gasteiger partial charge < -0.3 is 5.32 Å². The largest absolute Gasteiger partial charge is 0.308 e. The van der Waals surface area contributed by atoms with Crippen LogP contribution >= 0.6 is 11.6 Å². The van der Waals surface area contributed by atoms with Gasteiger partial charge in [0.05, 0.1) is 5.69 Å². The Morgan fingerprint density at radius 3 is 2.87 bits per heavy atom. The zero-order chi connectivity index (χ0) is 11.1. The van der Waals surface area contributed by atoms with Crippen LogP contribution in [0.2, 0.25) is 0 Å². The van der Waals surface area contributed by atoms with Gasteiger partial charge >= 0.3 is 0 Å². The van der Waals surface area contributed by atoms with Crippen LogP contribution in [0.15, 0.2) is 6.20 Å². The maximum atomic E-state index is 6.15. The Morgan fingerprint density at radius 1 is 1.67 bits per heavy atom. The van der Waals surface area contributed by atoms with Crippen molar-refractivity contribution in [3.8, 4) is 0 Å². The quantitative estimate of drug-likeness (QED) is 0.794. The molecule has 2 atom stereocenters. The van der Waals surface area contributed by atoms with E-state index in [1.807, 2.05) is 13.2 Å². The van der Waals surface area contributed by atoms with Crippen molar-refractivity contribution in [1.82, 2.24) is 20.3 Å². The van der Waals surface area contributed by atoms with E-state index in [0.29, 0.717) is 6.04 Å². The summed E-state index contributed by atoms with van der Waals surface area (Å²) in [7, 11) is 1.87. The highest BCUT2D eigenvalue weighted by Gasteiger charge is 2.46. The van der Waals surface area contributed by atoms with Crippen molar-refractivity contribution < 1.29 is 0 Å². The van der Waals surface area contributed by atoms with Crippen LogP contribution in [0.5, 0.6) is 0 Å². The number of halogens is 1. The summed E-state index contributed by atoms with van der Waals surface area (Å²) in [5.74, 6) is 0. The Kier molecular flexibility index (Phi) is 2.73. The first-order valence-corrected chi connectivity index (χ1v) is 5.66. The normalized spacial score (nSPS) is 28.8. The van der Waals surface area contributed by atoms with Crippen molar-refractivity contribution >= 4 is 11.6 Å².